The van der Waals surface area contributed by atoms with Crippen molar-refractivity contribution in [3.05, 3.63) is 24.3 Å². The zero-order valence-corrected chi connectivity index (χ0v) is 18.7. The van der Waals surface area contributed by atoms with Gasteiger partial charge in [-0.3, -0.25) is 0 Å². The largest absolute Gasteiger partial charge is 0.573 e. The van der Waals surface area contributed by atoms with Gasteiger partial charge in [-0.25, -0.2) is 0 Å². The van der Waals surface area contributed by atoms with Gasteiger partial charge in [0.25, 0.3) is 0 Å². The second kappa shape index (κ2) is 7.59. The van der Waals surface area contributed by atoms with Crippen molar-refractivity contribution in [2.24, 2.45) is 34.5 Å². The van der Waals surface area contributed by atoms with E-state index in [1.54, 1.807) is 12.1 Å². The Morgan fingerprint density at radius 2 is 1.61 bits per heavy atom. The zero-order valence-electron chi connectivity index (χ0n) is 18.7. The van der Waals surface area contributed by atoms with Crippen molar-refractivity contribution in [1.82, 2.24) is 0 Å². The number of alkyl halides is 3. The Morgan fingerprint density at radius 3 is 2.35 bits per heavy atom. The Bertz CT molecular complexity index is 791. The fraction of sp³-hybridized carbons (Fsp3) is 0.769. The molecule has 0 radical (unpaired) electrons. The smallest absolute Gasteiger partial charge is 0.490 e. The summed E-state index contributed by atoms with van der Waals surface area (Å²) in [5.74, 6) is 3.76. The summed E-state index contributed by atoms with van der Waals surface area (Å²) in [6.45, 7) is 5.07. The van der Waals surface area contributed by atoms with Gasteiger partial charge >= 0.3 is 6.36 Å². The van der Waals surface area contributed by atoms with Crippen LogP contribution in [0.5, 0.6) is 11.5 Å². The molecule has 0 aromatic heterocycles. The molecule has 0 bridgehead atoms. The first-order valence-corrected chi connectivity index (χ1v) is 12.2. The third kappa shape index (κ3) is 3.95. The molecule has 0 heterocycles. The molecular formula is C26H35F3O2. The van der Waals surface area contributed by atoms with E-state index in [0.29, 0.717) is 22.5 Å². The van der Waals surface area contributed by atoms with Crippen LogP contribution in [0.4, 0.5) is 13.2 Å². The minimum atomic E-state index is -4.66. The Labute approximate surface area is 183 Å². The molecule has 0 N–H and O–H groups in total. The van der Waals surface area contributed by atoms with E-state index in [-0.39, 0.29) is 11.9 Å². The van der Waals surface area contributed by atoms with Gasteiger partial charge in [0.2, 0.25) is 0 Å². The van der Waals surface area contributed by atoms with Crippen LogP contribution in [0.15, 0.2) is 24.3 Å². The molecule has 4 saturated carbocycles. The van der Waals surface area contributed by atoms with Crippen LogP contribution in [0.2, 0.25) is 0 Å². The van der Waals surface area contributed by atoms with Crippen LogP contribution >= 0.6 is 0 Å². The first-order valence-electron chi connectivity index (χ1n) is 12.2. The van der Waals surface area contributed by atoms with Gasteiger partial charge < -0.3 is 9.47 Å². The van der Waals surface area contributed by atoms with Gasteiger partial charge in [-0.15, -0.1) is 13.2 Å². The summed E-state index contributed by atoms with van der Waals surface area (Å²) in [4.78, 5) is 0. The number of fused-ring (bicyclic) bond motifs is 5. The van der Waals surface area contributed by atoms with Crippen LogP contribution in [-0.2, 0) is 0 Å². The van der Waals surface area contributed by atoms with E-state index >= 15 is 0 Å². The Hall–Kier alpha value is -1.39. The van der Waals surface area contributed by atoms with Crippen LogP contribution in [0.1, 0.15) is 78.1 Å². The first-order chi connectivity index (χ1) is 14.7. The summed E-state index contributed by atoms with van der Waals surface area (Å²) in [7, 11) is 0. The molecule has 0 spiro atoms. The fourth-order valence-corrected chi connectivity index (χ4v) is 8.29. The quantitative estimate of drug-likeness (QED) is 0.482. The average molecular weight is 437 g/mol. The average Bonchev–Trinajstić information content (AvgIpc) is 3.04. The van der Waals surface area contributed by atoms with Gasteiger partial charge in [0.05, 0.1) is 6.10 Å². The molecule has 7 atom stereocenters. The molecule has 5 heteroatoms. The number of ether oxygens (including phenoxy) is 2. The number of hydrogen-bond acceptors (Lipinski definition) is 2. The Kier molecular flexibility index (Phi) is 5.25. The maximum absolute atomic E-state index is 12.4. The molecule has 1 aromatic carbocycles. The highest BCUT2D eigenvalue weighted by molar-refractivity contribution is 5.31. The molecule has 4 aliphatic rings. The highest BCUT2D eigenvalue weighted by atomic mass is 19.4. The summed E-state index contributed by atoms with van der Waals surface area (Å²) in [5, 5.41) is 0. The summed E-state index contributed by atoms with van der Waals surface area (Å²) in [6, 6.07) is 5.88. The SMILES string of the molecule is C[C@]12CC[C@@H]3[C@@H](CCC4CCCC[C@@]43C)[C@@H]1CC(Oc1ccc(OC(F)(F)F)cc1)C2. The van der Waals surface area contributed by atoms with E-state index in [9.17, 15) is 13.2 Å². The maximum atomic E-state index is 12.4. The lowest BCUT2D eigenvalue weighted by atomic mass is 9.45. The van der Waals surface area contributed by atoms with Crippen LogP contribution in [0.3, 0.4) is 0 Å². The molecular weight excluding hydrogens is 401 g/mol. The molecule has 4 fully saturated rings. The lowest BCUT2D eigenvalue weighted by Crippen LogP contribution is -2.51. The number of rotatable bonds is 3. The second-order valence-electron chi connectivity index (χ2n) is 11.3. The van der Waals surface area contributed by atoms with E-state index in [1.807, 2.05) is 0 Å². The monoisotopic (exact) mass is 436 g/mol. The van der Waals surface area contributed by atoms with Gasteiger partial charge in [-0.05, 0) is 110 Å². The zero-order chi connectivity index (χ0) is 21.9. The van der Waals surface area contributed by atoms with E-state index in [2.05, 4.69) is 18.6 Å². The molecule has 0 aliphatic heterocycles. The van der Waals surface area contributed by atoms with Crippen molar-refractivity contribution in [2.75, 3.05) is 0 Å². The third-order valence-electron chi connectivity index (χ3n) is 9.67. The Balaban J connectivity index is 1.27. The van der Waals surface area contributed by atoms with Crippen LogP contribution in [0.25, 0.3) is 0 Å². The highest BCUT2D eigenvalue weighted by Gasteiger charge is 2.59. The molecule has 2 nitrogen and oxygen atoms in total. The molecule has 4 aliphatic carbocycles. The number of hydrogen-bond donors (Lipinski definition) is 0. The third-order valence-corrected chi connectivity index (χ3v) is 9.67. The first kappa shape index (κ1) is 21.5. The van der Waals surface area contributed by atoms with Crippen molar-refractivity contribution >= 4 is 0 Å². The minimum absolute atomic E-state index is 0.153. The minimum Gasteiger partial charge on any atom is -0.490 e. The van der Waals surface area contributed by atoms with E-state index in [0.717, 1.165) is 30.6 Å². The summed E-state index contributed by atoms with van der Waals surface area (Å²) >= 11 is 0. The van der Waals surface area contributed by atoms with Crippen molar-refractivity contribution in [2.45, 2.75) is 90.5 Å². The number of benzene rings is 1. The van der Waals surface area contributed by atoms with Crippen molar-refractivity contribution in [3.63, 3.8) is 0 Å². The molecule has 0 saturated heterocycles. The predicted octanol–water partition coefficient (Wildman–Crippen LogP) is 7.77. The fourth-order valence-electron chi connectivity index (χ4n) is 8.29. The lowest BCUT2D eigenvalue weighted by Gasteiger charge is -2.59. The maximum Gasteiger partial charge on any atom is 0.573 e. The topological polar surface area (TPSA) is 18.5 Å². The number of halogens is 3. The van der Waals surface area contributed by atoms with Crippen LogP contribution in [-0.4, -0.2) is 12.5 Å². The Morgan fingerprint density at radius 1 is 0.871 bits per heavy atom. The normalized spacial score (nSPS) is 42.3. The van der Waals surface area contributed by atoms with Crippen molar-refractivity contribution in [1.29, 1.82) is 0 Å². The standard InChI is InChI=1S/C26H35F3O2/c1-24-14-12-22-21(11-6-17-5-3-4-13-25(17,22)2)23(24)15-20(16-24)30-18-7-9-19(10-8-18)31-26(27,28)29/h7-10,17,20-23H,3-6,11-16H2,1-2H3/t17?,20?,21-,22-,23+,24-,25+/m1/s1. The van der Waals surface area contributed by atoms with E-state index < -0.39 is 6.36 Å². The summed E-state index contributed by atoms with van der Waals surface area (Å²) in [6.07, 6.45) is 8.72. The molecule has 172 valence electrons. The van der Waals surface area contributed by atoms with Crippen molar-refractivity contribution < 1.29 is 22.6 Å². The van der Waals surface area contributed by atoms with E-state index in [1.165, 1.54) is 63.5 Å². The lowest BCUT2D eigenvalue weighted by molar-refractivity contribution is -0.274. The van der Waals surface area contributed by atoms with Gasteiger partial charge in [0, 0.05) is 0 Å². The van der Waals surface area contributed by atoms with Crippen LogP contribution in [0, 0.1) is 34.5 Å². The summed E-state index contributed by atoms with van der Waals surface area (Å²) < 4.78 is 47.5. The molecule has 0 amide bonds. The van der Waals surface area contributed by atoms with Crippen LogP contribution < -0.4 is 9.47 Å². The van der Waals surface area contributed by atoms with Gasteiger partial charge in [0.15, 0.2) is 0 Å². The van der Waals surface area contributed by atoms with Crippen molar-refractivity contribution in [3.8, 4) is 11.5 Å². The molecule has 2 unspecified atom stereocenters. The highest BCUT2D eigenvalue weighted by Crippen LogP contribution is 2.66. The van der Waals surface area contributed by atoms with Gasteiger partial charge in [-0.1, -0.05) is 26.7 Å². The molecule has 1 aromatic rings. The second-order valence-corrected chi connectivity index (χ2v) is 11.3. The van der Waals surface area contributed by atoms with E-state index in [4.69, 9.17) is 4.74 Å². The van der Waals surface area contributed by atoms with Gasteiger partial charge in [0.1, 0.15) is 11.5 Å². The summed E-state index contributed by atoms with van der Waals surface area (Å²) in [5.41, 5.74) is 0.874. The predicted molar refractivity (Wildman–Crippen MR) is 114 cm³/mol. The molecule has 5 rings (SSSR count). The van der Waals surface area contributed by atoms with Gasteiger partial charge in [-0.2, -0.15) is 0 Å². The molecule has 31 heavy (non-hydrogen) atoms.